The normalized spacial score (nSPS) is 10.2. The highest BCUT2D eigenvalue weighted by molar-refractivity contribution is 5.94. The average Bonchev–Trinajstić information content (AvgIpc) is 2.55. The van der Waals surface area contributed by atoms with Gasteiger partial charge in [-0.15, -0.1) is 0 Å². The van der Waals surface area contributed by atoms with E-state index in [0.29, 0.717) is 5.75 Å². The van der Waals surface area contributed by atoms with Crippen LogP contribution in [0.2, 0.25) is 0 Å². The van der Waals surface area contributed by atoms with Gasteiger partial charge in [0.1, 0.15) is 5.75 Å². The van der Waals surface area contributed by atoms with Gasteiger partial charge in [0.25, 0.3) is 5.91 Å². The monoisotopic (exact) mass is 341 g/mol. The van der Waals surface area contributed by atoms with Gasteiger partial charge < -0.3 is 14.8 Å². The van der Waals surface area contributed by atoms with E-state index in [2.05, 4.69) is 5.32 Å². The van der Waals surface area contributed by atoms with Crippen molar-refractivity contribution >= 4 is 17.6 Å². The fraction of sp³-hybridized carbons (Fsp3) is 0.300. The first kappa shape index (κ1) is 18.5. The summed E-state index contributed by atoms with van der Waals surface area (Å²) in [6, 6.07) is 11.3. The first-order valence-electron chi connectivity index (χ1n) is 8.08. The number of hydrogen-bond donors (Lipinski definition) is 1. The molecule has 0 spiro atoms. The van der Waals surface area contributed by atoms with Crippen LogP contribution in [0.1, 0.15) is 22.3 Å². The van der Waals surface area contributed by atoms with E-state index in [-0.39, 0.29) is 19.1 Å². The molecule has 0 aliphatic rings. The molecule has 5 nitrogen and oxygen atoms in total. The third kappa shape index (κ3) is 5.64. The molecule has 25 heavy (non-hydrogen) atoms. The van der Waals surface area contributed by atoms with Crippen molar-refractivity contribution in [3.8, 4) is 5.75 Å². The highest BCUT2D eigenvalue weighted by Gasteiger charge is 2.11. The van der Waals surface area contributed by atoms with Crippen LogP contribution in [0.3, 0.4) is 0 Å². The van der Waals surface area contributed by atoms with Crippen molar-refractivity contribution in [1.29, 1.82) is 0 Å². The second-order valence-corrected chi connectivity index (χ2v) is 6.08. The molecule has 1 N–H and O–H groups in total. The van der Waals surface area contributed by atoms with Gasteiger partial charge in [-0.1, -0.05) is 35.4 Å². The summed E-state index contributed by atoms with van der Waals surface area (Å²) in [5.41, 5.74) is 4.93. The molecular formula is C20H23NO4. The standard InChI is InChI=1S/C20H23NO4/c1-13-5-7-17(8-6-13)24-12-19(23)25-11-18(22)21-20-15(3)9-14(2)10-16(20)4/h5-10H,11-12H2,1-4H3,(H,21,22). The highest BCUT2D eigenvalue weighted by Crippen LogP contribution is 2.21. The number of anilines is 1. The lowest BCUT2D eigenvalue weighted by Gasteiger charge is -2.13. The van der Waals surface area contributed by atoms with Gasteiger partial charge >= 0.3 is 5.97 Å². The van der Waals surface area contributed by atoms with Crippen molar-refractivity contribution in [1.82, 2.24) is 0 Å². The Kier molecular flexibility index (Phi) is 6.17. The third-order valence-corrected chi connectivity index (χ3v) is 3.68. The summed E-state index contributed by atoms with van der Waals surface area (Å²) in [6.45, 7) is 7.24. The van der Waals surface area contributed by atoms with Crippen LogP contribution in [-0.4, -0.2) is 25.1 Å². The van der Waals surface area contributed by atoms with Gasteiger partial charge in [0.2, 0.25) is 0 Å². The summed E-state index contributed by atoms with van der Waals surface area (Å²) in [5, 5.41) is 2.78. The topological polar surface area (TPSA) is 64.6 Å². The zero-order valence-corrected chi connectivity index (χ0v) is 15.0. The van der Waals surface area contributed by atoms with E-state index in [0.717, 1.165) is 27.9 Å². The molecule has 0 bridgehead atoms. The van der Waals surface area contributed by atoms with Crippen molar-refractivity contribution < 1.29 is 19.1 Å². The second-order valence-electron chi connectivity index (χ2n) is 6.08. The number of hydrogen-bond acceptors (Lipinski definition) is 4. The average molecular weight is 341 g/mol. The van der Waals surface area contributed by atoms with Gasteiger partial charge in [0.05, 0.1) is 0 Å². The van der Waals surface area contributed by atoms with Gasteiger partial charge in [-0.25, -0.2) is 4.79 Å². The van der Waals surface area contributed by atoms with Crippen molar-refractivity contribution in [2.45, 2.75) is 27.7 Å². The number of rotatable bonds is 6. The van der Waals surface area contributed by atoms with E-state index >= 15 is 0 Å². The van der Waals surface area contributed by atoms with Crippen LogP contribution in [0.15, 0.2) is 36.4 Å². The summed E-state index contributed by atoms with van der Waals surface area (Å²) in [5.74, 6) is -0.385. The maximum atomic E-state index is 12.0. The molecule has 132 valence electrons. The van der Waals surface area contributed by atoms with Gasteiger partial charge in [0.15, 0.2) is 13.2 Å². The maximum absolute atomic E-state index is 12.0. The van der Waals surface area contributed by atoms with Gasteiger partial charge in [-0.3, -0.25) is 4.79 Å². The van der Waals surface area contributed by atoms with Crippen LogP contribution >= 0.6 is 0 Å². The molecule has 0 aromatic heterocycles. The Balaban J connectivity index is 1.79. The number of carbonyl (C=O) groups is 2. The minimum Gasteiger partial charge on any atom is -0.482 e. The van der Waals surface area contributed by atoms with Crippen LogP contribution in [0.5, 0.6) is 5.75 Å². The van der Waals surface area contributed by atoms with Crippen LogP contribution in [0.4, 0.5) is 5.69 Å². The molecule has 0 atom stereocenters. The molecule has 0 saturated carbocycles. The van der Waals surface area contributed by atoms with Crippen LogP contribution < -0.4 is 10.1 Å². The third-order valence-electron chi connectivity index (χ3n) is 3.68. The molecule has 0 radical (unpaired) electrons. The summed E-state index contributed by atoms with van der Waals surface area (Å²) in [4.78, 5) is 23.7. The molecule has 0 unspecified atom stereocenters. The molecule has 2 aromatic rings. The largest absolute Gasteiger partial charge is 0.482 e. The first-order valence-corrected chi connectivity index (χ1v) is 8.08. The lowest BCUT2D eigenvalue weighted by Crippen LogP contribution is -2.24. The van der Waals surface area contributed by atoms with Crippen molar-refractivity contribution in [3.63, 3.8) is 0 Å². The summed E-state index contributed by atoms with van der Waals surface area (Å²) < 4.78 is 10.3. The number of esters is 1. The zero-order chi connectivity index (χ0) is 18.4. The fourth-order valence-corrected chi connectivity index (χ4v) is 2.52. The predicted molar refractivity (Wildman–Crippen MR) is 96.9 cm³/mol. The smallest absolute Gasteiger partial charge is 0.344 e. The summed E-state index contributed by atoms with van der Waals surface area (Å²) >= 11 is 0. The highest BCUT2D eigenvalue weighted by atomic mass is 16.6. The van der Waals surface area contributed by atoms with E-state index in [1.54, 1.807) is 12.1 Å². The van der Waals surface area contributed by atoms with E-state index in [4.69, 9.17) is 9.47 Å². The number of nitrogens with one attached hydrogen (secondary N) is 1. The van der Waals surface area contributed by atoms with Crippen LogP contribution in [0.25, 0.3) is 0 Å². The van der Waals surface area contributed by atoms with E-state index in [1.165, 1.54) is 0 Å². The SMILES string of the molecule is Cc1ccc(OCC(=O)OCC(=O)Nc2c(C)cc(C)cc2C)cc1. The predicted octanol–water partition coefficient (Wildman–Crippen LogP) is 3.48. The van der Waals surface area contributed by atoms with E-state index in [1.807, 2.05) is 52.0 Å². The first-order chi connectivity index (χ1) is 11.8. The second kappa shape index (κ2) is 8.33. The summed E-state index contributed by atoms with van der Waals surface area (Å²) in [7, 11) is 0. The van der Waals surface area contributed by atoms with Gasteiger partial charge in [-0.05, 0) is 51.0 Å². The molecule has 2 aromatic carbocycles. The van der Waals surface area contributed by atoms with Gasteiger partial charge in [-0.2, -0.15) is 0 Å². The Morgan fingerprint density at radius 2 is 1.48 bits per heavy atom. The number of aryl methyl sites for hydroxylation is 4. The molecule has 0 aliphatic heterocycles. The Hall–Kier alpha value is -2.82. The Bertz CT molecular complexity index is 743. The number of benzene rings is 2. The number of amides is 1. The number of carbonyl (C=O) groups excluding carboxylic acids is 2. The summed E-state index contributed by atoms with van der Waals surface area (Å²) in [6.07, 6.45) is 0. The molecule has 1 amide bonds. The maximum Gasteiger partial charge on any atom is 0.344 e. The lowest BCUT2D eigenvalue weighted by atomic mass is 10.1. The molecule has 5 heteroatoms. The van der Waals surface area contributed by atoms with Gasteiger partial charge in [0, 0.05) is 5.69 Å². The molecule has 0 saturated heterocycles. The Labute approximate surface area is 148 Å². The minimum absolute atomic E-state index is 0.237. The molecular weight excluding hydrogens is 318 g/mol. The fourth-order valence-electron chi connectivity index (χ4n) is 2.52. The minimum atomic E-state index is -0.590. The van der Waals surface area contributed by atoms with Crippen molar-refractivity contribution in [3.05, 3.63) is 58.7 Å². The quantitative estimate of drug-likeness (QED) is 0.817. The molecule has 0 aliphatic carbocycles. The van der Waals surface area contributed by atoms with Crippen molar-refractivity contribution in [2.75, 3.05) is 18.5 Å². The lowest BCUT2D eigenvalue weighted by molar-refractivity contribution is -0.149. The Morgan fingerprint density at radius 1 is 0.880 bits per heavy atom. The zero-order valence-electron chi connectivity index (χ0n) is 15.0. The molecule has 0 fully saturated rings. The van der Waals surface area contributed by atoms with Crippen molar-refractivity contribution in [2.24, 2.45) is 0 Å². The molecule has 0 heterocycles. The van der Waals surface area contributed by atoms with E-state index in [9.17, 15) is 9.59 Å². The van der Waals surface area contributed by atoms with Crippen LogP contribution in [0, 0.1) is 27.7 Å². The van der Waals surface area contributed by atoms with Crippen LogP contribution in [-0.2, 0) is 14.3 Å². The van der Waals surface area contributed by atoms with E-state index < -0.39 is 5.97 Å². The Morgan fingerprint density at radius 3 is 2.08 bits per heavy atom. The number of ether oxygens (including phenoxy) is 2. The molecule has 2 rings (SSSR count).